The van der Waals surface area contributed by atoms with Crippen molar-refractivity contribution in [1.29, 1.82) is 0 Å². The third-order valence-electron chi connectivity index (χ3n) is 4.90. The fourth-order valence-electron chi connectivity index (χ4n) is 3.52. The van der Waals surface area contributed by atoms with E-state index in [1.54, 1.807) is 0 Å². The lowest BCUT2D eigenvalue weighted by Gasteiger charge is -2.35. The van der Waals surface area contributed by atoms with Gasteiger partial charge >= 0.3 is 0 Å². The molecule has 2 heterocycles. The van der Waals surface area contributed by atoms with Gasteiger partial charge in [0.1, 0.15) is 0 Å². The van der Waals surface area contributed by atoms with Crippen LogP contribution >= 0.6 is 0 Å². The van der Waals surface area contributed by atoms with Gasteiger partial charge in [0.2, 0.25) is 5.95 Å². The molecule has 0 spiro atoms. The molecule has 2 aromatic carbocycles. The van der Waals surface area contributed by atoms with Crippen LogP contribution in [-0.4, -0.2) is 46.5 Å². The van der Waals surface area contributed by atoms with Gasteiger partial charge in [0.25, 0.3) is 5.91 Å². The Balaban J connectivity index is 1.51. The lowest BCUT2D eigenvalue weighted by atomic mass is 10.0. The molecular weight excluding hydrogens is 312 g/mol. The highest BCUT2D eigenvalue weighted by atomic mass is 16.2. The smallest absolute Gasteiger partial charge is 0.254 e. The maximum atomic E-state index is 13.0. The van der Waals surface area contributed by atoms with E-state index in [1.165, 1.54) is 0 Å². The second-order valence-electron chi connectivity index (χ2n) is 6.32. The Morgan fingerprint density at radius 1 is 1.04 bits per heavy atom. The molecule has 1 fully saturated rings. The van der Waals surface area contributed by atoms with Crippen LogP contribution in [0.3, 0.4) is 0 Å². The van der Waals surface area contributed by atoms with Crippen molar-refractivity contribution < 1.29 is 4.79 Å². The summed E-state index contributed by atoms with van der Waals surface area (Å²) >= 11 is 0. The molecule has 5 nitrogen and oxygen atoms in total. The number of aromatic nitrogens is 2. The molecule has 0 aliphatic carbocycles. The zero-order valence-corrected chi connectivity index (χ0v) is 14.4. The van der Waals surface area contributed by atoms with Gasteiger partial charge < -0.3 is 14.4 Å². The summed E-state index contributed by atoms with van der Waals surface area (Å²) < 4.78 is 2.14. The molecule has 1 saturated heterocycles. The largest absolute Gasteiger partial charge is 0.339 e. The van der Waals surface area contributed by atoms with Gasteiger partial charge in [-0.25, -0.2) is 4.98 Å². The second kappa shape index (κ2) is 6.59. The number of fused-ring (bicyclic) bond motifs is 1. The minimum atomic E-state index is 0.121. The van der Waals surface area contributed by atoms with Crippen molar-refractivity contribution in [2.24, 2.45) is 0 Å². The van der Waals surface area contributed by atoms with Crippen LogP contribution < -0.4 is 4.90 Å². The van der Waals surface area contributed by atoms with Crippen molar-refractivity contribution in [2.45, 2.75) is 13.5 Å². The van der Waals surface area contributed by atoms with Gasteiger partial charge in [-0.2, -0.15) is 0 Å². The average molecular weight is 334 g/mol. The number of carbonyl (C=O) groups excluding carboxylic acids is 1. The highest BCUT2D eigenvalue weighted by Gasteiger charge is 2.24. The van der Waals surface area contributed by atoms with Gasteiger partial charge in [0.15, 0.2) is 0 Å². The lowest BCUT2D eigenvalue weighted by molar-refractivity contribution is 0.0748. The number of piperazine rings is 1. The molecule has 1 aliphatic rings. The predicted octanol–water partition coefficient (Wildman–Crippen LogP) is 3.02. The molecule has 3 aromatic rings. The van der Waals surface area contributed by atoms with Gasteiger partial charge in [0, 0.05) is 50.7 Å². The molecule has 0 saturated carbocycles. The molecular formula is C20H22N4O. The molecule has 1 aliphatic heterocycles. The summed E-state index contributed by atoms with van der Waals surface area (Å²) in [5, 5.41) is 2.14. The third kappa shape index (κ3) is 2.86. The normalized spacial score (nSPS) is 14.9. The fourth-order valence-corrected chi connectivity index (χ4v) is 3.52. The van der Waals surface area contributed by atoms with Crippen LogP contribution in [0.25, 0.3) is 10.8 Å². The first-order chi connectivity index (χ1) is 12.3. The topological polar surface area (TPSA) is 41.4 Å². The number of benzene rings is 2. The first-order valence-corrected chi connectivity index (χ1v) is 8.81. The highest BCUT2D eigenvalue weighted by molar-refractivity contribution is 6.07. The Hall–Kier alpha value is -2.82. The van der Waals surface area contributed by atoms with Gasteiger partial charge in [-0.1, -0.05) is 36.4 Å². The van der Waals surface area contributed by atoms with Crippen LogP contribution in [0.4, 0.5) is 5.95 Å². The Kier molecular flexibility index (Phi) is 4.14. The molecule has 0 atom stereocenters. The van der Waals surface area contributed by atoms with Crippen LogP contribution in [0.1, 0.15) is 17.3 Å². The summed E-state index contributed by atoms with van der Waals surface area (Å²) in [6.07, 6.45) is 3.84. The van der Waals surface area contributed by atoms with Crippen molar-refractivity contribution >= 4 is 22.6 Å². The minimum absolute atomic E-state index is 0.121. The monoisotopic (exact) mass is 334 g/mol. The Labute approximate surface area is 147 Å². The number of hydrogen-bond acceptors (Lipinski definition) is 3. The van der Waals surface area contributed by atoms with Crippen LogP contribution in [0.2, 0.25) is 0 Å². The highest BCUT2D eigenvalue weighted by Crippen LogP contribution is 2.21. The summed E-state index contributed by atoms with van der Waals surface area (Å²) in [5.74, 6) is 1.12. The number of nitrogens with zero attached hydrogens (tertiary/aromatic N) is 4. The van der Waals surface area contributed by atoms with E-state index >= 15 is 0 Å². The molecule has 0 unspecified atom stereocenters. The standard InChI is InChI=1S/C20H22N4O/c1-2-22-11-10-21-20(22)24-14-12-23(13-15-24)19(25)18-9-5-7-16-6-3-4-8-17(16)18/h3-11H,2,12-15H2,1H3. The van der Waals surface area contributed by atoms with E-state index in [0.29, 0.717) is 0 Å². The van der Waals surface area contributed by atoms with E-state index in [2.05, 4.69) is 33.5 Å². The van der Waals surface area contributed by atoms with Crippen LogP contribution in [0.5, 0.6) is 0 Å². The van der Waals surface area contributed by atoms with Crippen LogP contribution in [-0.2, 0) is 6.54 Å². The zero-order valence-electron chi connectivity index (χ0n) is 14.4. The molecule has 1 aromatic heterocycles. The first kappa shape index (κ1) is 15.7. The molecule has 25 heavy (non-hydrogen) atoms. The zero-order chi connectivity index (χ0) is 17.2. The number of amides is 1. The summed E-state index contributed by atoms with van der Waals surface area (Å²) in [6, 6.07) is 14.0. The van der Waals surface area contributed by atoms with Crippen molar-refractivity contribution in [1.82, 2.24) is 14.5 Å². The summed E-state index contributed by atoms with van der Waals surface area (Å²) in [7, 11) is 0. The molecule has 1 amide bonds. The van der Waals surface area contributed by atoms with E-state index in [-0.39, 0.29) is 5.91 Å². The summed E-state index contributed by atoms with van der Waals surface area (Å²) in [4.78, 5) is 21.7. The molecule has 0 N–H and O–H groups in total. The Morgan fingerprint density at radius 3 is 2.60 bits per heavy atom. The number of carbonyl (C=O) groups is 1. The maximum Gasteiger partial charge on any atom is 0.254 e. The van der Waals surface area contributed by atoms with Gasteiger partial charge in [-0.05, 0) is 23.8 Å². The number of anilines is 1. The van der Waals surface area contributed by atoms with Crippen LogP contribution in [0.15, 0.2) is 54.9 Å². The molecule has 128 valence electrons. The van der Waals surface area contributed by atoms with Gasteiger partial charge in [0.05, 0.1) is 0 Å². The third-order valence-corrected chi connectivity index (χ3v) is 4.90. The SMILES string of the molecule is CCn1ccnc1N1CCN(C(=O)c2cccc3ccccc23)CC1. The van der Waals surface area contributed by atoms with E-state index in [0.717, 1.165) is 55.0 Å². The molecule has 5 heteroatoms. The number of imidazole rings is 1. The Bertz CT molecular complexity index is 888. The summed E-state index contributed by atoms with van der Waals surface area (Å²) in [5.41, 5.74) is 0.793. The molecule has 0 radical (unpaired) electrons. The quantitative estimate of drug-likeness (QED) is 0.739. The fraction of sp³-hybridized carbons (Fsp3) is 0.300. The van der Waals surface area contributed by atoms with Crippen LogP contribution in [0, 0.1) is 0 Å². The number of hydrogen-bond donors (Lipinski definition) is 0. The van der Waals surface area contributed by atoms with Crippen molar-refractivity contribution in [3.05, 3.63) is 60.4 Å². The molecule has 0 bridgehead atoms. The lowest BCUT2D eigenvalue weighted by Crippen LogP contribution is -2.49. The van der Waals surface area contributed by atoms with E-state index < -0.39 is 0 Å². The minimum Gasteiger partial charge on any atom is -0.339 e. The van der Waals surface area contributed by atoms with Gasteiger partial charge in [-0.15, -0.1) is 0 Å². The van der Waals surface area contributed by atoms with E-state index in [4.69, 9.17) is 0 Å². The maximum absolute atomic E-state index is 13.0. The van der Waals surface area contributed by atoms with E-state index in [1.807, 2.05) is 47.6 Å². The Morgan fingerprint density at radius 2 is 1.80 bits per heavy atom. The first-order valence-electron chi connectivity index (χ1n) is 8.81. The summed E-state index contributed by atoms with van der Waals surface area (Å²) in [6.45, 7) is 6.09. The average Bonchev–Trinajstić information content (AvgIpc) is 3.16. The van der Waals surface area contributed by atoms with Crippen molar-refractivity contribution in [3.63, 3.8) is 0 Å². The number of aryl methyl sites for hydroxylation is 1. The molecule has 4 rings (SSSR count). The predicted molar refractivity (Wildman–Crippen MR) is 100.0 cm³/mol. The van der Waals surface area contributed by atoms with E-state index in [9.17, 15) is 4.79 Å². The van der Waals surface area contributed by atoms with Crippen molar-refractivity contribution in [2.75, 3.05) is 31.1 Å². The van der Waals surface area contributed by atoms with Crippen molar-refractivity contribution in [3.8, 4) is 0 Å². The number of rotatable bonds is 3. The van der Waals surface area contributed by atoms with Gasteiger partial charge in [-0.3, -0.25) is 4.79 Å². The second-order valence-corrected chi connectivity index (χ2v) is 6.32.